The zero-order chi connectivity index (χ0) is 31.7. The number of fused-ring (bicyclic) bond motifs is 2. The summed E-state index contributed by atoms with van der Waals surface area (Å²) in [5.74, 6) is -1.56. The van der Waals surface area contributed by atoms with E-state index in [4.69, 9.17) is 4.74 Å². The Kier molecular flexibility index (Phi) is 9.11. The Hall–Kier alpha value is -3.56. The van der Waals surface area contributed by atoms with Gasteiger partial charge in [-0.1, -0.05) is 6.07 Å². The average Bonchev–Trinajstić information content (AvgIpc) is 3.39. The van der Waals surface area contributed by atoms with Gasteiger partial charge in [-0.3, -0.25) is 9.69 Å². The molecule has 3 aliphatic rings. The number of aromatic nitrogens is 4. The second kappa shape index (κ2) is 13.0. The molecule has 3 N–H and O–H groups in total. The SMILES string of the molecule is CC(=O)N1CCC(Nc2nc(C(F)(F)F)nc3c(NC[C@H](O)CN4CCc5ccc(F)cc5C4)nn(C4CCCCO4)c23)CC1. The van der Waals surface area contributed by atoms with Gasteiger partial charge < -0.3 is 25.4 Å². The number of carbonyl (C=O) groups excluding carboxylic acids is 1. The summed E-state index contributed by atoms with van der Waals surface area (Å²) in [6, 6.07) is 4.53. The van der Waals surface area contributed by atoms with Crippen molar-refractivity contribution in [3.8, 4) is 0 Å². The molecule has 0 aliphatic carbocycles. The topological polar surface area (TPSA) is 121 Å². The fourth-order valence-corrected chi connectivity index (χ4v) is 6.36. The molecule has 0 radical (unpaired) electrons. The maximum absolute atomic E-state index is 14.1. The number of alkyl halides is 3. The number of ether oxygens (including phenoxy) is 1. The number of nitrogens with one attached hydrogen (secondary N) is 2. The molecule has 2 saturated heterocycles. The van der Waals surface area contributed by atoms with E-state index in [0.29, 0.717) is 52.0 Å². The van der Waals surface area contributed by atoms with Crippen molar-refractivity contribution in [2.24, 2.45) is 0 Å². The van der Waals surface area contributed by atoms with E-state index < -0.39 is 24.3 Å². The number of hydrogen-bond acceptors (Lipinski definition) is 9. The Balaban J connectivity index is 1.26. The summed E-state index contributed by atoms with van der Waals surface area (Å²) in [6.45, 7) is 4.42. The molecule has 1 aromatic carbocycles. The first-order valence-electron chi connectivity index (χ1n) is 15.5. The van der Waals surface area contributed by atoms with Crippen LogP contribution in [0.25, 0.3) is 11.0 Å². The number of hydrogen-bond donors (Lipinski definition) is 3. The van der Waals surface area contributed by atoms with Crippen molar-refractivity contribution >= 4 is 28.6 Å². The highest BCUT2D eigenvalue weighted by Gasteiger charge is 2.38. The molecule has 2 aromatic heterocycles. The number of nitrogens with zero attached hydrogens (tertiary/aromatic N) is 6. The standard InChI is InChI=1S/C30H38F4N8O3/c1-18(43)41-11-8-22(9-12-41)36-28-26-25(37-29(38-28)30(32,33)34)27(39-42(26)24-4-2-3-13-45-24)35-15-23(44)17-40-10-7-19-5-6-21(31)14-20(19)16-40/h5-6,14,22-24,44H,2-4,7-13,15-17H2,1H3,(H,35,39)(H,36,37,38)/t23-,24?/m0/s1. The number of anilines is 2. The monoisotopic (exact) mass is 634 g/mol. The van der Waals surface area contributed by atoms with E-state index in [-0.39, 0.29) is 53.5 Å². The second-order valence-corrected chi connectivity index (χ2v) is 12.1. The molecule has 6 rings (SSSR count). The van der Waals surface area contributed by atoms with Crippen LogP contribution in [0.5, 0.6) is 0 Å². The number of carbonyl (C=O) groups is 1. The first-order chi connectivity index (χ1) is 21.5. The van der Waals surface area contributed by atoms with Crippen LogP contribution in [0, 0.1) is 5.82 Å². The van der Waals surface area contributed by atoms with E-state index in [2.05, 4.69) is 25.7 Å². The molecule has 2 fully saturated rings. The summed E-state index contributed by atoms with van der Waals surface area (Å²) < 4.78 is 63.5. The average molecular weight is 635 g/mol. The van der Waals surface area contributed by atoms with E-state index in [0.717, 1.165) is 30.4 Å². The van der Waals surface area contributed by atoms with Gasteiger partial charge in [0.25, 0.3) is 0 Å². The Labute approximate surface area is 257 Å². The molecule has 0 bridgehead atoms. The Morgan fingerprint density at radius 2 is 1.91 bits per heavy atom. The second-order valence-electron chi connectivity index (χ2n) is 12.1. The highest BCUT2D eigenvalue weighted by Crippen LogP contribution is 2.37. The van der Waals surface area contributed by atoms with Crippen LogP contribution >= 0.6 is 0 Å². The van der Waals surface area contributed by atoms with Crippen molar-refractivity contribution in [3.63, 3.8) is 0 Å². The molecule has 2 atom stereocenters. The summed E-state index contributed by atoms with van der Waals surface area (Å²) >= 11 is 0. The van der Waals surface area contributed by atoms with Gasteiger partial charge in [-0.25, -0.2) is 19.0 Å². The van der Waals surface area contributed by atoms with Gasteiger partial charge in [0.2, 0.25) is 11.7 Å². The van der Waals surface area contributed by atoms with E-state index >= 15 is 0 Å². The van der Waals surface area contributed by atoms with E-state index in [1.807, 2.05) is 4.90 Å². The number of benzene rings is 1. The third-order valence-electron chi connectivity index (χ3n) is 8.74. The predicted molar refractivity (Wildman–Crippen MR) is 158 cm³/mol. The maximum atomic E-state index is 14.1. The Bertz CT molecular complexity index is 1520. The van der Waals surface area contributed by atoms with Gasteiger partial charge >= 0.3 is 6.18 Å². The van der Waals surface area contributed by atoms with Gasteiger partial charge in [0.15, 0.2) is 17.9 Å². The van der Waals surface area contributed by atoms with Gasteiger partial charge in [0.05, 0.1) is 6.10 Å². The summed E-state index contributed by atoms with van der Waals surface area (Å²) in [5.41, 5.74) is 2.22. The lowest BCUT2D eigenvalue weighted by Gasteiger charge is -2.32. The van der Waals surface area contributed by atoms with Gasteiger partial charge in [-0.05, 0) is 61.8 Å². The normalized spacial score (nSPS) is 20.7. The van der Waals surface area contributed by atoms with Crippen LogP contribution in [0.4, 0.5) is 29.2 Å². The number of likely N-dealkylation sites (tertiary alicyclic amines) is 1. The fourth-order valence-electron chi connectivity index (χ4n) is 6.36. The largest absolute Gasteiger partial charge is 0.451 e. The lowest BCUT2D eigenvalue weighted by atomic mass is 9.99. The molecule has 3 aliphatic heterocycles. The third-order valence-corrected chi connectivity index (χ3v) is 8.74. The minimum Gasteiger partial charge on any atom is -0.390 e. The van der Waals surface area contributed by atoms with Gasteiger partial charge in [-0.15, -0.1) is 5.10 Å². The first-order valence-corrected chi connectivity index (χ1v) is 15.5. The zero-order valence-corrected chi connectivity index (χ0v) is 25.1. The number of amides is 1. The number of halogens is 4. The van der Waals surface area contributed by atoms with Crippen LogP contribution < -0.4 is 10.6 Å². The first kappa shape index (κ1) is 31.4. The summed E-state index contributed by atoms with van der Waals surface area (Å²) in [5, 5.41) is 21.8. The molecular weight excluding hydrogens is 596 g/mol. The lowest BCUT2D eigenvalue weighted by molar-refractivity contribution is -0.144. The Morgan fingerprint density at radius 1 is 1.11 bits per heavy atom. The molecule has 3 aromatic rings. The summed E-state index contributed by atoms with van der Waals surface area (Å²) in [7, 11) is 0. The van der Waals surface area contributed by atoms with Gasteiger partial charge in [0, 0.05) is 58.8 Å². The van der Waals surface area contributed by atoms with Crippen molar-refractivity contribution in [3.05, 3.63) is 41.0 Å². The van der Waals surface area contributed by atoms with Gasteiger partial charge in [0.1, 0.15) is 16.9 Å². The van der Waals surface area contributed by atoms with Crippen LogP contribution in [-0.2, 0) is 28.7 Å². The molecule has 0 spiro atoms. The number of β-amino-alcohol motifs (C(OH)–C–C–N with tert-alkyl or cyclic N) is 1. The highest BCUT2D eigenvalue weighted by molar-refractivity contribution is 5.94. The maximum Gasteiger partial charge on any atom is 0.451 e. The lowest BCUT2D eigenvalue weighted by Crippen LogP contribution is -2.41. The van der Waals surface area contributed by atoms with Crippen LogP contribution in [0.3, 0.4) is 0 Å². The molecule has 5 heterocycles. The molecule has 1 amide bonds. The van der Waals surface area contributed by atoms with Crippen molar-refractivity contribution in [1.82, 2.24) is 29.5 Å². The molecule has 15 heteroatoms. The molecule has 45 heavy (non-hydrogen) atoms. The van der Waals surface area contributed by atoms with Crippen molar-refractivity contribution in [2.45, 2.75) is 76.5 Å². The smallest absolute Gasteiger partial charge is 0.390 e. The van der Waals surface area contributed by atoms with Crippen LogP contribution in [0.15, 0.2) is 18.2 Å². The number of aliphatic hydroxyl groups excluding tert-OH is 1. The highest BCUT2D eigenvalue weighted by atomic mass is 19.4. The predicted octanol–water partition coefficient (Wildman–Crippen LogP) is 3.94. The minimum absolute atomic E-state index is 0.00175. The number of aliphatic hydroxyl groups is 1. The van der Waals surface area contributed by atoms with E-state index in [1.54, 1.807) is 15.6 Å². The number of piperidine rings is 1. The summed E-state index contributed by atoms with van der Waals surface area (Å²) in [6.07, 6.45) is -2.04. The summed E-state index contributed by atoms with van der Waals surface area (Å²) in [4.78, 5) is 23.4. The van der Waals surface area contributed by atoms with Crippen molar-refractivity contribution in [2.75, 3.05) is 50.0 Å². The van der Waals surface area contributed by atoms with E-state index in [9.17, 15) is 27.5 Å². The molecule has 1 unspecified atom stereocenters. The fraction of sp³-hybridized carbons (Fsp3) is 0.600. The molecular formula is C30H38F4N8O3. The zero-order valence-electron chi connectivity index (χ0n) is 25.1. The van der Waals surface area contributed by atoms with E-state index in [1.165, 1.54) is 19.1 Å². The van der Waals surface area contributed by atoms with Crippen LogP contribution in [-0.4, -0.2) is 92.0 Å². The molecule has 11 nitrogen and oxygen atoms in total. The van der Waals surface area contributed by atoms with Crippen molar-refractivity contribution < 1.29 is 32.2 Å². The minimum atomic E-state index is -4.81. The molecule has 0 saturated carbocycles. The number of rotatable bonds is 8. The van der Waals surface area contributed by atoms with Crippen molar-refractivity contribution in [1.29, 1.82) is 0 Å². The Morgan fingerprint density at radius 3 is 2.62 bits per heavy atom. The third kappa shape index (κ3) is 7.15. The van der Waals surface area contributed by atoms with Crippen LogP contribution in [0.2, 0.25) is 0 Å². The quantitative estimate of drug-likeness (QED) is 0.317. The van der Waals surface area contributed by atoms with Gasteiger partial charge in [-0.2, -0.15) is 13.2 Å². The van der Waals surface area contributed by atoms with Crippen LogP contribution in [0.1, 0.15) is 62.2 Å². The molecule has 244 valence electrons.